The van der Waals surface area contributed by atoms with Crippen LogP contribution in [0.5, 0.6) is 17.2 Å². The van der Waals surface area contributed by atoms with Crippen LogP contribution >= 0.6 is 11.8 Å². The molecule has 2 aromatic carbocycles. The minimum absolute atomic E-state index is 0.140. The first-order valence-corrected chi connectivity index (χ1v) is 9.20. The zero-order valence-corrected chi connectivity index (χ0v) is 16.7. The lowest BCUT2D eigenvalue weighted by Crippen LogP contribution is -2.23. The minimum atomic E-state index is -1.23. The molecule has 2 N–H and O–H groups in total. The summed E-state index contributed by atoms with van der Waals surface area (Å²) in [5.74, 6) is -0.507. The Morgan fingerprint density at radius 3 is 2.59 bits per heavy atom. The van der Waals surface area contributed by atoms with Gasteiger partial charge < -0.3 is 19.7 Å². The van der Waals surface area contributed by atoms with Crippen LogP contribution in [0.15, 0.2) is 46.3 Å². The smallest absolute Gasteiger partial charge is 0.338 e. The number of phenolic OH excluding ortho intramolecular Hbond substituents is 1. The molecule has 0 spiro atoms. The van der Waals surface area contributed by atoms with Crippen LogP contribution in [-0.2, 0) is 4.79 Å². The zero-order chi connectivity index (χ0) is 21.1. The number of hydrogen-bond acceptors (Lipinski definition) is 7. The van der Waals surface area contributed by atoms with Crippen LogP contribution < -0.4 is 9.47 Å². The van der Waals surface area contributed by atoms with Crippen LogP contribution in [0, 0.1) is 0 Å². The highest BCUT2D eigenvalue weighted by Crippen LogP contribution is 2.36. The highest BCUT2D eigenvalue weighted by atomic mass is 32.2. The van der Waals surface area contributed by atoms with E-state index in [-0.39, 0.29) is 22.9 Å². The maximum atomic E-state index is 12.6. The number of carbonyl (C=O) groups excluding carboxylic acids is 1. The van der Waals surface area contributed by atoms with Crippen LogP contribution in [0.25, 0.3) is 6.08 Å². The average Bonchev–Trinajstić information content (AvgIpc) is 2.97. The molecule has 150 valence electrons. The average molecular weight is 414 g/mol. The predicted octanol–water partition coefficient (Wildman–Crippen LogP) is 3.34. The second-order valence-electron chi connectivity index (χ2n) is 5.98. The molecule has 3 rings (SSSR count). The normalized spacial score (nSPS) is 16.5. The van der Waals surface area contributed by atoms with E-state index in [1.54, 1.807) is 38.4 Å². The van der Waals surface area contributed by atoms with Crippen molar-refractivity contribution in [3.8, 4) is 17.2 Å². The van der Waals surface area contributed by atoms with Gasteiger partial charge >= 0.3 is 5.97 Å². The number of likely N-dealkylation sites (N-methyl/N-ethyl adjacent to an activating group) is 1. The van der Waals surface area contributed by atoms with E-state index in [2.05, 4.69) is 4.99 Å². The molecule has 2 aromatic rings. The number of rotatable bonds is 5. The molecule has 1 fully saturated rings. The summed E-state index contributed by atoms with van der Waals surface area (Å²) in [4.78, 5) is 30.1. The van der Waals surface area contributed by atoms with Crippen molar-refractivity contribution in [2.45, 2.75) is 0 Å². The SMILES string of the molecule is COc1ccc(/C=C2\SC(=Nc3ccc(O)cc3C(=O)O)N(C)C2=O)c(OC)c1. The first-order valence-electron chi connectivity index (χ1n) is 8.38. The quantitative estimate of drug-likeness (QED) is 0.722. The Morgan fingerprint density at radius 2 is 1.93 bits per heavy atom. The molecule has 0 saturated carbocycles. The molecule has 9 heteroatoms. The van der Waals surface area contributed by atoms with Gasteiger partial charge in [0.15, 0.2) is 5.17 Å². The number of ether oxygens (including phenoxy) is 2. The van der Waals surface area contributed by atoms with Crippen LogP contribution in [0.1, 0.15) is 15.9 Å². The fourth-order valence-corrected chi connectivity index (χ4v) is 3.60. The summed E-state index contributed by atoms with van der Waals surface area (Å²) < 4.78 is 10.5. The Labute approximate surface area is 171 Å². The Bertz CT molecular complexity index is 1050. The molecule has 8 nitrogen and oxygen atoms in total. The molecular weight excluding hydrogens is 396 g/mol. The summed E-state index contributed by atoms with van der Waals surface area (Å²) in [7, 11) is 4.63. The molecule has 0 atom stereocenters. The first-order chi connectivity index (χ1) is 13.8. The highest BCUT2D eigenvalue weighted by Gasteiger charge is 2.31. The van der Waals surface area contributed by atoms with Crippen LogP contribution in [0.3, 0.4) is 0 Å². The van der Waals surface area contributed by atoms with Crippen LogP contribution in [0.4, 0.5) is 5.69 Å². The van der Waals surface area contributed by atoms with Gasteiger partial charge in [-0.3, -0.25) is 9.69 Å². The summed E-state index contributed by atoms with van der Waals surface area (Å²) in [6.45, 7) is 0. The van der Waals surface area contributed by atoms with E-state index in [4.69, 9.17) is 9.47 Å². The second-order valence-corrected chi connectivity index (χ2v) is 6.99. The second kappa shape index (κ2) is 8.27. The van der Waals surface area contributed by atoms with Crippen molar-refractivity contribution in [1.29, 1.82) is 0 Å². The van der Waals surface area contributed by atoms with E-state index in [0.29, 0.717) is 27.1 Å². The van der Waals surface area contributed by atoms with Crippen molar-refractivity contribution in [2.24, 2.45) is 4.99 Å². The number of hydrogen-bond donors (Lipinski definition) is 2. The number of methoxy groups -OCH3 is 2. The molecular formula is C20H18N2O6S. The van der Waals surface area contributed by atoms with Gasteiger partial charge in [0.05, 0.1) is 30.4 Å². The van der Waals surface area contributed by atoms with Gasteiger partial charge in [0.25, 0.3) is 5.91 Å². The third-order valence-corrected chi connectivity index (χ3v) is 5.22. The van der Waals surface area contributed by atoms with Gasteiger partial charge in [-0.25, -0.2) is 9.79 Å². The van der Waals surface area contributed by atoms with E-state index in [1.807, 2.05) is 0 Å². The third-order valence-electron chi connectivity index (χ3n) is 4.16. The summed E-state index contributed by atoms with van der Waals surface area (Å²) in [5, 5.41) is 19.2. The standard InChI is InChI=1S/C20H18N2O6S/c1-22-18(24)17(8-11-4-6-13(27-2)10-16(11)28-3)29-20(22)21-15-7-5-12(23)9-14(15)19(25)26/h4-10,23H,1-3H3,(H,25,26)/b17-8-,21-20?. The van der Waals surface area contributed by atoms with Gasteiger partial charge in [0.2, 0.25) is 0 Å². The largest absolute Gasteiger partial charge is 0.508 e. The van der Waals surface area contributed by atoms with E-state index in [0.717, 1.165) is 17.8 Å². The van der Waals surface area contributed by atoms with E-state index in [1.165, 1.54) is 24.1 Å². The first kappa shape index (κ1) is 20.3. The van der Waals surface area contributed by atoms with Gasteiger partial charge in [-0.2, -0.15) is 0 Å². The van der Waals surface area contributed by atoms with Gasteiger partial charge in [-0.05, 0) is 48.2 Å². The molecule has 29 heavy (non-hydrogen) atoms. The molecule has 0 aliphatic carbocycles. The third kappa shape index (κ3) is 4.19. The molecule has 1 amide bonds. The van der Waals surface area contributed by atoms with Crippen LogP contribution in [-0.4, -0.2) is 53.4 Å². The number of carbonyl (C=O) groups is 2. The van der Waals surface area contributed by atoms with Gasteiger partial charge in [-0.15, -0.1) is 0 Å². The molecule has 1 saturated heterocycles. The van der Waals surface area contributed by atoms with Gasteiger partial charge in [0, 0.05) is 18.7 Å². The topological polar surface area (TPSA) is 109 Å². The van der Waals surface area contributed by atoms with Crippen LogP contribution in [0.2, 0.25) is 0 Å². The summed E-state index contributed by atoms with van der Waals surface area (Å²) in [6.07, 6.45) is 1.68. The van der Waals surface area contributed by atoms with Crippen molar-refractivity contribution in [3.05, 3.63) is 52.4 Å². The number of phenols is 1. The number of carboxylic acids is 1. The summed E-state index contributed by atoms with van der Waals surface area (Å²) >= 11 is 1.12. The van der Waals surface area contributed by atoms with Crippen molar-refractivity contribution in [2.75, 3.05) is 21.3 Å². The fourth-order valence-electron chi connectivity index (χ4n) is 2.63. The minimum Gasteiger partial charge on any atom is -0.508 e. The lowest BCUT2D eigenvalue weighted by atomic mass is 10.1. The number of aliphatic imine (C=N–C) groups is 1. The Morgan fingerprint density at radius 1 is 1.17 bits per heavy atom. The maximum absolute atomic E-state index is 12.6. The van der Waals surface area contributed by atoms with Crippen molar-refractivity contribution < 1.29 is 29.3 Å². The van der Waals surface area contributed by atoms with Gasteiger partial charge in [-0.1, -0.05) is 0 Å². The lowest BCUT2D eigenvalue weighted by Gasteiger charge is -2.08. The number of aromatic hydroxyl groups is 1. The number of benzene rings is 2. The number of amidine groups is 1. The number of thioether (sulfide) groups is 1. The lowest BCUT2D eigenvalue weighted by molar-refractivity contribution is -0.121. The van der Waals surface area contributed by atoms with Crippen molar-refractivity contribution in [3.63, 3.8) is 0 Å². The predicted molar refractivity (Wildman–Crippen MR) is 110 cm³/mol. The van der Waals surface area contributed by atoms with E-state index < -0.39 is 5.97 Å². The maximum Gasteiger partial charge on any atom is 0.338 e. The Hall–Kier alpha value is -3.46. The van der Waals surface area contributed by atoms with E-state index in [9.17, 15) is 19.8 Å². The summed E-state index contributed by atoms with van der Waals surface area (Å²) in [6, 6.07) is 9.08. The fraction of sp³-hybridized carbons (Fsp3) is 0.150. The Balaban J connectivity index is 1.98. The van der Waals surface area contributed by atoms with Gasteiger partial charge in [0.1, 0.15) is 17.2 Å². The van der Waals surface area contributed by atoms with E-state index >= 15 is 0 Å². The summed E-state index contributed by atoms with van der Waals surface area (Å²) in [5.41, 5.74) is 0.670. The number of nitrogens with zero attached hydrogens (tertiary/aromatic N) is 2. The van der Waals surface area contributed by atoms with Crippen molar-refractivity contribution >= 4 is 40.6 Å². The Kier molecular flexibility index (Phi) is 5.79. The molecule has 1 aliphatic heterocycles. The van der Waals surface area contributed by atoms with Crippen molar-refractivity contribution in [1.82, 2.24) is 4.90 Å². The molecule has 0 radical (unpaired) electrons. The molecule has 1 aliphatic rings. The number of carboxylic acid groups (broad SMARTS) is 1. The highest BCUT2D eigenvalue weighted by molar-refractivity contribution is 8.18. The number of aromatic carboxylic acids is 1. The molecule has 1 heterocycles. The molecule has 0 bridgehead atoms. The zero-order valence-electron chi connectivity index (χ0n) is 15.9. The monoisotopic (exact) mass is 414 g/mol. The number of amides is 1. The molecule has 0 aromatic heterocycles. The molecule has 0 unspecified atom stereocenters.